The largest absolute Gasteiger partial charge is 0.417 e. The third kappa shape index (κ3) is 2.09. The maximum atomic E-state index is 11.2. The van der Waals surface area contributed by atoms with E-state index >= 15 is 0 Å². The molecule has 4 rings (SSSR count). The quantitative estimate of drug-likeness (QED) is 0.495. The summed E-state index contributed by atoms with van der Waals surface area (Å²) in [6.45, 7) is 0. The van der Waals surface area contributed by atoms with Gasteiger partial charge in [0.1, 0.15) is 0 Å². The number of nitrogens with one attached hydrogen (secondary N) is 2. The molecular weight excluding hydrogens is 286 g/mol. The van der Waals surface area contributed by atoms with E-state index in [4.69, 9.17) is 10.2 Å². The van der Waals surface area contributed by atoms with E-state index in [0.29, 0.717) is 16.8 Å². The van der Waals surface area contributed by atoms with Crippen molar-refractivity contribution in [2.24, 2.45) is 0 Å². The molecule has 0 amide bonds. The zero-order chi connectivity index (χ0) is 14.4. The highest BCUT2D eigenvalue weighted by Gasteiger charge is 2.09. The fraction of sp³-hybridized carbons (Fsp3) is 0. The lowest BCUT2D eigenvalue weighted by atomic mass is 10.3. The number of anilines is 1. The van der Waals surface area contributed by atoms with Gasteiger partial charge in [-0.2, -0.15) is 0 Å². The predicted octanol–water partition coefficient (Wildman–Crippen LogP) is 3.34. The molecule has 2 aromatic carbocycles. The van der Waals surface area contributed by atoms with Crippen molar-refractivity contribution in [2.75, 3.05) is 5.73 Å². The van der Waals surface area contributed by atoms with Crippen LogP contribution in [-0.2, 0) is 0 Å². The molecule has 5 nitrogen and oxygen atoms in total. The summed E-state index contributed by atoms with van der Waals surface area (Å²) in [4.78, 5) is 18.1. The summed E-state index contributed by atoms with van der Waals surface area (Å²) in [5.74, 6) is -0.475. The number of nitrogen functional groups attached to an aromatic ring is 1. The third-order valence-corrected chi connectivity index (χ3v) is 4.29. The van der Waals surface area contributed by atoms with Crippen LogP contribution in [0.4, 0.5) is 5.69 Å². The molecule has 0 bridgehead atoms. The highest BCUT2D eigenvalue weighted by molar-refractivity contribution is 7.99. The molecule has 6 heteroatoms. The molecule has 104 valence electrons. The van der Waals surface area contributed by atoms with Crippen LogP contribution < -0.4 is 11.5 Å². The average Bonchev–Trinajstić information content (AvgIpc) is 3.00. The molecule has 0 saturated heterocycles. The summed E-state index contributed by atoms with van der Waals surface area (Å²) in [5.41, 5.74) is 8.80. The maximum Gasteiger partial charge on any atom is 0.417 e. The van der Waals surface area contributed by atoms with Crippen molar-refractivity contribution in [2.45, 2.75) is 9.92 Å². The molecule has 0 aliphatic rings. The SMILES string of the molecule is Nc1cc2oc(=O)[nH]c2cc1Sc1cc2ccccc2[nH]1. The second kappa shape index (κ2) is 4.46. The van der Waals surface area contributed by atoms with Crippen molar-refractivity contribution in [3.8, 4) is 0 Å². The van der Waals surface area contributed by atoms with E-state index < -0.39 is 5.76 Å². The van der Waals surface area contributed by atoms with Crippen LogP contribution in [0.3, 0.4) is 0 Å². The Morgan fingerprint density at radius 2 is 1.90 bits per heavy atom. The van der Waals surface area contributed by atoms with Gasteiger partial charge in [-0.05, 0) is 18.2 Å². The smallest absolute Gasteiger partial charge is 0.408 e. The van der Waals surface area contributed by atoms with Crippen LogP contribution in [-0.4, -0.2) is 9.97 Å². The molecule has 0 unspecified atom stereocenters. The van der Waals surface area contributed by atoms with Crippen molar-refractivity contribution in [1.82, 2.24) is 9.97 Å². The van der Waals surface area contributed by atoms with Crippen LogP contribution in [0.5, 0.6) is 0 Å². The minimum absolute atomic E-state index is 0.471. The van der Waals surface area contributed by atoms with Gasteiger partial charge < -0.3 is 15.1 Å². The number of para-hydroxylation sites is 1. The summed E-state index contributed by atoms with van der Waals surface area (Å²) < 4.78 is 4.99. The van der Waals surface area contributed by atoms with Gasteiger partial charge in [-0.1, -0.05) is 30.0 Å². The monoisotopic (exact) mass is 297 g/mol. The lowest BCUT2D eigenvalue weighted by Gasteiger charge is -2.03. The van der Waals surface area contributed by atoms with Gasteiger partial charge in [0, 0.05) is 27.6 Å². The summed E-state index contributed by atoms with van der Waals surface area (Å²) in [5, 5.41) is 2.14. The molecular formula is C15H11N3O2S. The molecule has 0 atom stereocenters. The topological polar surface area (TPSA) is 87.8 Å². The number of hydrogen-bond donors (Lipinski definition) is 3. The zero-order valence-electron chi connectivity index (χ0n) is 10.8. The standard InChI is InChI=1S/C15H11N3O2S/c16-9-6-12-11(18-15(19)20-12)7-13(9)21-14-5-8-3-1-2-4-10(8)17-14/h1-7,17H,16H2,(H,18,19). The number of hydrogen-bond acceptors (Lipinski definition) is 4. The molecule has 21 heavy (non-hydrogen) atoms. The van der Waals surface area contributed by atoms with Gasteiger partial charge in [-0.25, -0.2) is 4.79 Å². The molecule has 0 fully saturated rings. The van der Waals surface area contributed by atoms with Crippen molar-refractivity contribution in [3.63, 3.8) is 0 Å². The van der Waals surface area contributed by atoms with Gasteiger partial charge in [0.05, 0.1) is 10.5 Å². The molecule has 0 saturated carbocycles. The van der Waals surface area contributed by atoms with E-state index in [0.717, 1.165) is 20.8 Å². The summed E-state index contributed by atoms with van der Waals surface area (Å²) in [6.07, 6.45) is 0. The fourth-order valence-electron chi connectivity index (χ4n) is 2.30. The first kappa shape index (κ1) is 12.2. The number of nitrogens with two attached hydrogens (primary N) is 1. The number of rotatable bonds is 2. The van der Waals surface area contributed by atoms with E-state index in [9.17, 15) is 4.79 Å². The van der Waals surface area contributed by atoms with Crippen molar-refractivity contribution >= 4 is 39.5 Å². The van der Waals surface area contributed by atoms with E-state index in [2.05, 4.69) is 22.1 Å². The highest BCUT2D eigenvalue weighted by atomic mass is 32.2. The lowest BCUT2D eigenvalue weighted by molar-refractivity contribution is 0.555. The van der Waals surface area contributed by atoms with Crippen LogP contribution in [0.2, 0.25) is 0 Å². The van der Waals surface area contributed by atoms with Gasteiger partial charge in [-0.3, -0.25) is 4.98 Å². The lowest BCUT2D eigenvalue weighted by Crippen LogP contribution is -1.93. The molecule has 0 radical (unpaired) electrons. The Kier molecular flexibility index (Phi) is 2.58. The fourth-order valence-corrected chi connectivity index (χ4v) is 3.24. The van der Waals surface area contributed by atoms with Crippen LogP contribution in [0.25, 0.3) is 22.0 Å². The summed E-state index contributed by atoms with van der Waals surface area (Å²) >= 11 is 1.52. The van der Waals surface area contributed by atoms with Gasteiger partial charge in [-0.15, -0.1) is 0 Å². The first-order valence-corrected chi connectivity index (χ1v) is 7.19. The van der Waals surface area contributed by atoms with Crippen LogP contribution >= 0.6 is 11.8 Å². The van der Waals surface area contributed by atoms with E-state index in [1.165, 1.54) is 11.8 Å². The van der Waals surface area contributed by atoms with E-state index in [-0.39, 0.29) is 0 Å². The molecule has 2 heterocycles. The van der Waals surface area contributed by atoms with Crippen molar-refractivity contribution in [3.05, 3.63) is 53.0 Å². The molecule has 2 aromatic heterocycles. The second-order valence-electron chi connectivity index (χ2n) is 4.72. The Morgan fingerprint density at radius 1 is 1.05 bits per heavy atom. The number of benzene rings is 2. The number of fused-ring (bicyclic) bond motifs is 2. The maximum absolute atomic E-state index is 11.2. The van der Waals surface area contributed by atoms with Gasteiger partial charge in [0.25, 0.3) is 0 Å². The zero-order valence-corrected chi connectivity index (χ0v) is 11.7. The van der Waals surface area contributed by atoms with Crippen LogP contribution in [0.15, 0.2) is 61.6 Å². The summed E-state index contributed by atoms with van der Waals surface area (Å²) in [6, 6.07) is 13.6. The Bertz CT molecular complexity index is 980. The first-order valence-electron chi connectivity index (χ1n) is 6.37. The highest BCUT2D eigenvalue weighted by Crippen LogP contribution is 2.35. The minimum Gasteiger partial charge on any atom is -0.408 e. The molecule has 0 aliphatic heterocycles. The van der Waals surface area contributed by atoms with E-state index in [1.807, 2.05) is 24.3 Å². The number of aromatic amines is 2. The Labute approximate surface area is 123 Å². The Balaban J connectivity index is 1.78. The van der Waals surface area contributed by atoms with Gasteiger partial charge in [0.15, 0.2) is 5.58 Å². The Morgan fingerprint density at radius 3 is 2.76 bits per heavy atom. The third-order valence-electron chi connectivity index (χ3n) is 3.28. The number of oxazole rings is 1. The Hall–Kier alpha value is -2.60. The average molecular weight is 297 g/mol. The molecule has 4 aromatic rings. The van der Waals surface area contributed by atoms with Crippen LogP contribution in [0.1, 0.15) is 0 Å². The van der Waals surface area contributed by atoms with Gasteiger partial charge in [0.2, 0.25) is 0 Å². The second-order valence-corrected chi connectivity index (χ2v) is 5.81. The van der Waals surface area contributed by atoms with Crippen molar-refractivity contribution < 1.29 is 4.42 Å². The normalized spacial score (nSPS) is 11.4. The van der Waals surface area contributed by atoms with Crippen LogP contribution in [0, 0.1) is 0 Å². The van der Waals surface area contributed by atoms with Crippen molar-refractivity contribution in [1.29, 1.82) is 0 Å². The molecule has 0 spiro atoms. The number of aromatic nitrogens is 2. The predicted molar refractivity (Wildman–Crippen MR) is 83.7 cm³/mol. The number of H-pyrrole nitrogens is 2. The summed E-state index contributed by atoms with van der Waals surface area (Å²) in [7, 11) is 0. The van der Waals surface area contributed by atoms with E-state index in [1.54, 1.807) is 6.07 Å². The molecule has 0 aliphatic carbocycles. The molecule has 4 N–H and O–H groups in total. The first-order chi connectivity index (χ1) is 10.2. The van der Waals surface area contributed by atoms with Gasteiger partial charge >= 0.3 is 5.76 Å². The minimum atomic E-state index is -0.475.